The molecule has 0 bridgehead atoms. The summed E-state index contributed by atoms with van der Waals surface area (Å²) in [7, 11) is -6.32. The highest BCUT2D eigenvalue weighted by Gasteiger charge is 2.36. The maximum atomic E-state index is 11.7. The van der Waals surface area contributed by atoms with Crippen LogP contribution in [0, 0.1) is 0 Å². The Balaban J connectivity index is 2.37. The van der Waals surface area contributed by atoms with E-state index in [0.717, 1.165) is 7.11 Å². The molecule has 2 rings (SSSR count). The smallest absolute Gasteiger partial charge is 0.262 e. The summed E-state index contributed by atoms with van der Waals surface area (Å²) < 4.78 is 47.4. The Bertz CT molecular complexity index is 724. The van der Waals surface area contributed by atoms with E-state index in [2.05, 4.69) is 4.84 Å². The number of amides is 1. The van der Waals surface area contributed by atoms with Crippen LogP contribution >= 0.6 is 0 Å². The van der Waals surface area contributed by atoms with Crippen molar-refractivity contribution in [3.8, 4) is 0 Å². The molecule has 1 amide bonds. The van der Waals surface area contributed by atoms with Crippen LogP contribution in [0.3, 0.4) is 0 Å². The van der Waals surface area contributed by atoms with E-state index in [-0.39, 0.29) is 22.8 Å². The third-order valence-corrected chi connectivity index (χ3v) is 5.62. The van der Waals surface area contributed by atoms with Crippen molar-refractivity contribution in [2.24, 2.45) is 0 Å². The van der Waals surface area contributed by atoms with Gasteiger partial charge in [0.15, 0.2) is 0 Å². The van der Waals surface area contributed by atoms with Crippen LogP contribution in [0.1, 0.15) is 6.42 Å². The summed E-state index contributed by atoms with van der Waals surface area (Å²) >= 11 is 0. The highest BCUT2D eigenvalue weighted by Crippen LogP contribution is 2.26. The minimum atomic E-state index is -3.82. The molecule has 0 spiro atoms. The summed E-state index contributed by atoms with van der Waals surface area (Å²) in [5, 5.41) is 0. The number of nitrogens with one attached hydrogen (secondary N) is 1. The van der Waals surface area contributed by atoms with Gasteiger partial charge in [0.25, 0.3) is 10.0 Å². The standard InChI is InChI=1S/C10H12N2O6S2/c1-18-11-20(16,17)9-4-2-8(3-5-9)12-10(13)6-7-19(12,14)15/h2-5,11H,6-7H2,1H3. The van der Waals surface area contributed by atoms with Gasteiger partial charge in [0.1, 0.15) is 0 Å². The number of sulfonamides is 2. The van der Waals surface area contributed by atoms with Gasteiger partial charge in [-0.15, -0.1) is 0 Å². The van der Waals surface area contributed by atoms with Crippen molar-refractivity contribution >= 4 is 31.6 Å². The molecule has 0 aromatic heterocycles. The number of nitrogens with zero attached hydrogens (tertiary/aromatic N) is 1. The molecule has 1 aromatic carbocycles. The van der Waals surface area contributed by atoms with Gasteiger partial charge in [-0.25, -0.2) is 21.1 Å². The van der Waals surface area contributed by atoms with Crippen LogP contribution in [-0.2, 0) is 29.7 Å². The third kappa shape index (κ3) is 2.68. The molecule has 8 nitrogen and oxygen atoms in total. The maximum Gasteiger partial charge on any atom is 0.262 e. The second-order valence-electron chi connectivity index (χ2n) is 4.01. The molecule has 1 saturated heterocycles. The first-order valence-corrected chi connectivity index (χ1v) is 8.58. The molecule has 0 atom stereocenters. The van der Waals surface area contributed by atoms with E-state index in [1.807, 2.05) is 4.89 Å². The summed E-state index contributed by atoms with van der Waals surface area (Å²) in [6, 6.07) is 4.89. The number of anilines is 1. The Labute approximate surface area is 116 Å². The summed E-state index contributed by atoms with van der Waals surface area (Å²) in [4.78, 5) is 17.6. The van der Waals surface area contributed by atoms with Crippen molar-refractivity contribution in [2.75, 3.05) is 17.2 Å². The topological polar surface area (TPSA) is 110 Å². The van der Waals surface area contributed by atoms with Crippen molar-refractivity contribution in [3.05, 3.63) is 24.3 Å². The maximum absolute atomic E-state index is 11.7. The normalized spacial score (nSPS) is 18.4. The zero-order chi connectivity index (χ0) is 15.0. The lowest BCUT2D eigenvalue weighted by Gasteiger charge is -2.15. The molecule has 20 heavy (non-hydrogen) atoms. The summed E-state index contributed by atoms with van der Waals surface area (Å²) in [6.45, 7) is 0. The highest BCUT2D eigenvalue weighted by atomic mass is 32.2. The minimum Gasteiger partial charge on any atom is -0.290 e. The lowest BCUT2D eigenvalue weighted by Crippen LogP contribution is -2.29. The van der Waals surface area contributed by atoms with Gasteiger partial charge in [-0.05, 0) is 24.3 Å². The predicted octanol–water partition coefficient (Wildman–Crippen LogP) is -0.407. The van der Waals surface area contributed by atoms with Crippen LogP contribution in [0.4, 0.5) is 5.69 Å². The van der Waals surface area contributed by atoms with Crippen LogP contribution in [0.2, 0.25) is 0 Å². The van der Waals surface area contributed by atoms with Crippen LogP contribution in [0.5, 0.6) is 0 Å². The van der Waals surface area contributed by atoms with Gasteiger partial charge in [-0.2, -0.15) is 0 Å². The van der Waals surface area contributed by atoms with Gasteiger partial charge in [-0.1, -0.05) is 4.89 Å². The van der Waals surface area contributed by atoms with Gasteiger partial charge >= 0.3 is 0 Å². The molecule has 110 valence electrons. The zero-order valence-electron chi connectivity index (χ0n) is 10.4. The lowest BCUT2D eigenvalue weighted by molar-refractivity contribution is -0.116. The zero-order valence-corrected chi connectivity index (χ0v) is 12.1. The van der Waals surface area contributed by atoms with Crippen molar-refractivity contribution in [1.29, 1.82) is 0 Å². The van der Waals surface area contributed by atoms with Crippen molar-refractivity contribution in [2.45, 2.75) is 11.3 Å². The van der Waals surface area contributed by atoms with Crippen LogP contribution in [0.15, 0.2) is 29.2 Å². The van der Waals surface area contributed by atoms with E-state index in [0.29, 0.717) is 4.31 Å². The lowest BCUT2D eigenvalue weighted by atomic mass is 10.3. The number of hydrogen-bond donors (Lipinski definition) is 1. The van der Waals surface area contributed by atoms with E-state index in [1.165, 1.54) is 24.3 Å². The molecule has 1 aromatic rings. The molecule has 1 fully saturated rings. The quantitative estimate of drug-likeness (QED) is 0.755. The Morgan fingerprint density at radius 2 is 1.85 bits per heavy atom. The predicted molar refractivity (Wildman–Crippen MR) is 69.7 cm³/mol. The van der Waals surface area contributed by atoms with E-state index in [4.69, 9.17) is 0 Å². The molecule has 0 radical (unpaired) electrons. The molecule has 10 heteroatoms. The minimum absolute atomic E-state index is 0.0758. The van der Waals surface area contributed by atoms with Gasteiger partial charge < -0.3 is 0 Å². The van der Waals surface area contributed by atoms with Crippen molar-refractivity contribution in [1.82, 2.24) is 4.89 Å². The average Bonchev–Trinajstić information content (AvgIpc) is 2.63. The van der Waals surface area contributed by atoms with Gasteiger partial charge in [-0.3, -0.25) is 9.63 Å². The van der Waals surface area contributed by atoms with Gasteiger partial charge in [0, 0.05) is 6.42 Å². The van der Waals surface area contributed by atoms with Crippen molar-refractivity contribution in [3.63, 3.8) is 0 Å². The van der Waals surface area contributed by atoms with Gasteiger partial charge in [0.2, 0.25) is 15.9 Å². The fourth-order valence-corrected chi connectivity index (χ4v) is 4.06. The second-order valence-corrected chi connectivity index (χ2v) is 7.59. The number of hydrogen-bond acceptors (Lipinski definition) is 6. The molecule has 1 aliphatic heterocycles. The highest BCUT2D eigenvalue weighted by molar-refractivity contribution is 7.94. The Morgan fingerprint density at radius 3 is 2.30 bits per heavy atom. The molecule has 1 aliphatic rings. The third-order valence-electron chi connectivity index (χ3n) is 2.65. The van der Waals surface area contributed by atoms with E-state index < -0.39 is 26.0 Å². The molecule has 0 saturated carbocycles. The van der Waals surface area contributed by atoms with E-state index in [9.17, 15) is 21.6 Å². The number of carbonyl (C=O) groups excluding carboxylic acids is 1. The van der Waals surface area contributed by atoms with Gasteiger partial charge in [0.05, 0.1) is 23.4 Å². The van der Waals surface area contributed by atoms with E-state index >= 15 is 0 Å². The average molecular weight is 320 g/mol. The molecular formula is C10H12N2O6S2. The molecule has 1 N–H and O–H groups in total. The molecular weight excluding hydrogens is 308 g/mol. The SMILES string of the molecule is CONS(=O)(=O)c1ccc(N2C(=O)CCS2(=O)=O)cc1. The van der Waals surface area contributed by atoms with Crippen molar-refractivity contribution < 1.29 is 26.5 Å². The fraction of sp³-hybridized carbons (Fsp3) is 0.300. The van der Waals surface area contributed by atoms with Crippen LogP contribution in [0.25, 0.3) is 0 Å². The molecule has 0 aliphatic carbocycles. The molecule has 0 unspecified atom stereocenters. The number of carbonyl (C=O) groups is 1. The fourth-order valence-electron chi connectivity index (χ4n) is 1.79. The number of rotatable bonds is 4. The first kappa shape index (κ1) is 14.9. The summed E-state index contributed by atoms with van der Waals surface area (Å²) in [5.41, 5.74) is 0.115. The number of benzene rings is 1. The monoisotopic (exact) mass is 320 g/mol. The van der Waals surface area contributed by atoms with E-state index in [1.54, 1.807) is 0 Å². The summed E-state index contributed by atoms with van der Waals surface area (Å²) in [5.74, 6) is -0.771. The largest absolute Gasteiger partial charge is 0.290 e. The first-order chi connectivity index (χ1) is 9.28. The Hall–Kier alpha value is -1.49. The van der Waals surface area contributed by atoms with Crippen LogP contribution in [-0.4, -0.2) is 35.6 Å². The van der Waals surface area contributed by atoms with Crippen LogP contribution < -0.4 is 9.19 Å². The first-order valence-electron chi connectivity index (χ1n) is 5.48. The second kappa shape index (κ2) is 5.13. The summed E-state index contributed by atoms with van der Waals surface area (Å²) in [6.07, 6.45) is -0.0758. The Morgan fingerprint density at radius 1 is 1.25 bits per heavy atom. The Kier molecular flexibility index (Phi) is 3.82. The molecule has 1 heterocycles.